The topological polar surface area (TPSA) is 33.2 Å². The number of hydrogen-bond donors (Lipinski definition) is 0. The van der Waals surface area contributed by atoms with Gasteiger partial charge in [0.15, 0.2) is 0 Å². The van der Waals surface area contributed by atoms with Crippen molar-refractivity contribution in [3.63, 3.8) is 0 Å². The zero-order valence-corrected chi connectivity index (χ0v) is 11.9. The van der Waals surface area contributed by atoms with E-state index in [1.54, 1.807) is 28.9 Å². The molecular formula is C12H10Cl2N2OS. The molecule has 94 valence electrons. The number of benzene rings is 1. The first-order chi connectivity index (χ1) is 8.59. The predicted octanol–water partition coefficient (Wildman–Crippen LogP) is 3.72. The van der Waals surface area contributed by atoms with Gasteiger partial charge in [-0.2, -0.15) is 0 Å². The fraction of sp³-hybridized carbons (Fsp3) is 0.167. The highest BCUT2D eigenvalue weighted by molar-refractivity contribution is 7.07. The summed E-state index contributed by atoms with van der Waals surface area (Å²) in [7, 11) is 1.71. The van der Waals surface area contributed by atoms with Crippen LogP contribution in [0.3, 0.4) is 0 Å². The Labute approximate surface area is 119 Å². The lowest BCUT2D eigenvalue weighted by Gasteiger charge is -2.17. The Morgan fingerprint density at radius 1 is 1.44 bits per heavy atom. The van der Waals surface area contributed by atoms with Crippen LogP contribution in [0, 0.1) is 0 Å². The first kappa shape index (κ1) is 13.3. The molecule has 0 saturated carbocycles. The number of carbonyl (C=O) groups is 1. The van der Waals surface area contributed by atoms with Gasteiger partial charge in [0.25, 0.3) is 5.91 Å². The Morgan fingerprint density at radius 2 is 2.22 bits per heavy atom. The monoisotopic (exact) mass is 300 g/mol. The average molecular weight is 301 g/mol. The van der Waals surface area contributed by atoms with Crippen LogP contribution in [0.4, 0.5) is 0 Å². The van der Waals surface area contributed by atoms with Crippen molar-refractivity contribution < 1.29 is 4.79 Å². The van der Waals surface area contributed by atoms with Crippen LogP contribution in [-0.2, 0) is 6.54 Å². The Hall–Kier alpha value is -1.10. The SMILES string of the molecule is CN(Cc1cccc(Cl)c1Cl)C(=O)c1cscn1. The molecule has 1 aromatic heterocycles. The van der Waals surface area contributed by atoms with Crippen molar-refractivity contribution in [2.45, 2.75) is 6.54 Å². The highest BCUT2D eigenvalue weighted by atomic mass is 35.5. The Bertz CT molecular complexity index is 557. The second-order valence-electron chi connectivity index (χ2n) is 3.75. The molecule has 1 heterocycles. The van der Waals surface area contributed by atoms with Crippen LogP contribution in [-0.4, -0.2) is 22.8 Å². The summed E-state index contributed by atoms with van der Waals surface area (Å²) in [5.41, 5.74) is 2.89. The first-order valence-corrected chi connectivity index (χ1v) is 6.86. The number of amides is 1. The van der Waals surface area contributed by atoms with Crippen molar-refractivity contribution in [2.75, 3.05) is 7.05 Å². The molecule has 0 aliphatic heterocycles. The third kappa shape index (κ3) is 2.83. The minimum atomic E-state index is -0.132. The fourth-order valence-corrected chi connectivity index (χ4v) is 2.42. The van der Waals surface area contributed by atoms with Crippen molar-refractivity contribution in [1.29, 1.82) is 0 Å². The molecule has 0 N–H and O–H groups in total. The van der Waals surface area contributed by atoms with Gasteiger partial charge in [-0.25, -0.2) is 4.98 Å². The van der Waals surface area contributed by atoms with E-state index in [4.69, 9.17) is 23.2 Å². The summed E-state index contributed by atoms with van der Waals surface area (Å²) in [5, 5.41) is 2.69. The molecule has 18 heavy (non-hydrogen) atoms. The number of hydrogen-bond acceptors (Lipinski definition) is 3. The molecular weight excluding hydrogens is 291 g/mol. The summed E-state index contributed by atoms with van der Waals surface area (Å²) in [5.74, 6) is -0.132. The van der Waals surface area contributed by atoms with E-state index in [-0.39, 0.29) is 5.91 Å². The van der Waals surface area contributed by atoms with E-state index in [0.29, 0.717) is 22.3 Å². The van der Waals surface area contributed by atoms with Gasteiger partial charge in [0.05, 0.1) is 15.6 Å². The lowest BCUT2D eigenvalue weighted by molar-refractivity contribution is 0.0780. The molecule has 0 spiro atoms. The average Bonchev–Trinajstić information content (AvgIpc) is 2.87. The molecule has 0 unspecified atom stereocenters. The van der Waals surface area contributed by atoms with E-state index >= 15 is 0 Å². The zero-order valence-electron chi connectivity index (χ0n) is 9.56. The van der Waals surface area contributed by atoms with Crippen molar-refractivity contribution >= 4 is 40.4 Å². The highest BCUT2D eigenvalue weighted by Gasteiger charge is 2.15. The molecule has 0 bridgehead atoms. The van der Waals surface area contributed by atoms with E-state index in [1.165, 1.54) is 11.3 Å². The van der Waals surface area contributed by atoms with E-state index < -0.39 is 0 Å². The summed E-state index contributed by atoms with van der Waals surface area (Å²) in [6, 6.07) is 5.37. The standard InChI is InChI=1S/C12H10Cl2N2OS/c1-16(12(17)10-6-18-7-15-10)5-8-3-2-4-9(13)11(8)14/h2-4,6-7H,5H2,1H3. The molecule has 0 aliphatic carbocycles. The van der Waals surface area contributed by atoms with Gasteiger partial charge < -0.3 is 4.90 Å². The lowest BCUT2D eigenvalue weighted by atomic mass is 10.2. The number of thiazole rings is 1. The largest absolute Gasteiger partial charge is 0.336 e. The van der Waals surface area contributed by atoms with Crippen LogP contribution in [0.2, 0.25) is 10.0 Å². The molecule has 0 radical (unpaired) electrons. The summed E-state index contributed by atoms with van der Waals surface area (Å²) in [4.78, 5) is 17.5. The van der Waals surface area contributed by atoms with Crippen molar-refractivity contribution in [1.82, 2.24) is 9.88 Å². The van der Waals surface area contributed by atoms with Gasteiger partial charge in [-0.1, -0.05) is 35.3 Å². The van der Waals surface area contributed by atoms with Crippen molar-refractivity contribution in [2.24, 2.45) is 0 Å². The zero-order chi connectivity index (χ0) is 13.1. The molecule has 2 rings (SSSR count). The Kier molecular flexibility index (Phi) is 4.22. The molecule has 2 aromatic rings. The van der Waals surface area contributed by atoms with Gasteiger partial charge in [0.1, 0.15) is 5.69 Å². The van der Waals surface area contributed by atoms with Crippen LogP contribution < -0.4 is 0 Å². The first-order valence-electron chi connectivity index (χ1n) is 5.16. The highest BCUT2D eigenvalue weighted by Crippen LogP contribution is 2.26. The Balaban J connectivity index is 2.14. The minimum absolute atomic E-state index is 0.132. The third-order valence-corrected chi connectivity index (χ3v) is 3.88. The minimum Gasteiger partial charge on any atom is -0.336 e. The maximum absolute atomic E-state index is 12.0. The molecule has 1 amide bonds. The van der Waals surface area contributed by atoms with Gasteiger partial charge in [-0.3, -0.25) is 4.79 Å². The second kappa shape index (κ2) is 5.69. The summed E-state index contributed by atoms with van der Waals surface area (Å²) in [6.07, 6.45) is 0. The molecule has 3 nitrogen and oxygen atoms in total. The van der Waals surface area contributed by atoms with Gasteiger partial charge in [-0.05, 0) is 11.6 Å². The predicted molar refractivity (Wildman–Crippen MR) is 74.4 cm³/mol. The van der Waals surface area contributed by atoms with Gasteiger partial charge >= 0.3 is 0 Å². The van der Waals surface area contributed by atoms with Crippen molar-refractivity contribution in [3.05, 3.63) is 50.4 Å². The van der Waals surface area contributed by atoms with Gasteiger partial charge in [-0.15, -0.1) is 11.3 Å². The molecule has 0 fully saturated rings. The van der Waals surface area contributed by atoms with Gasteiger partial charge in [0, 0.05) is 19.0 Å². The lowest BCUT2D eigenvalue weighted by Crippen LogP contribution is -2.26. The molecule has 6 heteroatoms. The number of carbonyl (C=O) groups excluding carboxylic acids is 1. The van der Waals surface area contributed by atoms with Crippen LogP contribution >= 0.6 is 34.5 Å². The van der Waals surface area contributed by atoms with Gasteiger partial charge in [0.2, 0.25) is 0 Å². The third-order valence-electron chi connectivity index (χ3n) is 2.44. The number of halogens is 2. The summed E-state index contributed by atoms with van der Waals surface area (Å²) >= 11 is 13.4. The number of rotatable bonds is 3. The normalized spacial score (nSPS) is 10.4. The molecule has 0 atom stereocenters. The van der Waals surface area contributed by atoms with Crippen LogP contribution in [0.5, 0.6) is 0 Å². The Morgan fingerprint density at radius 3 is 2.89 bits per heavy atom. The molecule has 0 aliphatic rings. The van der Waals surface area contributed by atoms with E-state index in [0.717, 1.165) is 5.56 Å². The quantitative estimate of drug-likeness (QED) is 0.865. The number of aromatic nitrogens is 1. The van der Waals surface area contributed by atoms with Crippen molar-refractivity contribution in [3.8, 4) is 0 Å². The van der Waals surface area contributed by atoms with Crippen LogP contribution in [0.1, 0.15) is 16.1 Å². The molecule has 0 saturated heterocycles. The van der Waals surface area contributed by atoms with E-state index in [9.17, 15) is 4.79 Å². The van der Waals surface area contributed by atoms with Crippen LogP contribution in [0.25, 0.3) is 0 Å². The number of nitrogens with zero attached hydrogens (tertiary/aromatic N) is 2. The maximum Gasteiger partial charge on any atom is 0.273 e. The summed E-state index contributed by atoms with van der Waals surface area (Å²) in [6.45, 7) is 0.399. The van der Waals surface area contributed by atoms with E-state index in [2.05, 4.69) is 4.98 Å². The second-order valence-corrected chi connectivity index (χ2v) is 5.25. The summed E-state index contributed by atoms with van der Waals surface area (Å²) < 4.78 is 0. The van der Waals surface area contributed by atoms with Crippen LogP contribution in [0.15, 0.2) is 29.1 Å². The maximum atomic E-state index is 12.0. The smallest absolute Gasteiger partial charge is 0.273 e. The molecule has 1 aromatic carbocycles. The fourth-order valence-electron chi connectivity index (χ4n) is 1.51. The van der Waals surface area contributed by atoms with E-state index in [1.807, 2.05) is 12.1 Å².